The van der Waals surface area contributed by atoms with E-state index in [0.29, 0.717) is 24.3 Å². The second-order valence-electron chi connectivity index (χ2n) is 6.66. The van der Waals surface area contributed by atoms with Crippen molar-refractivity contribution < 1.29 is 19.4 Å². The van der Waals surface area contributed by atoms with Gasteiger partial charge < -0.3 is 15.2 Å². The Balaban J connectivity index is 2.21. The van der Waals surface area contributed by atoms with Gasteiger partial charge in [-0.05, 0) is 44.4 Å². The van der Waals surface area contributed by atoms with Gasteiger partial charge in [0.05, 0.1) is 12.0 Å². The van der Waals surface area contributed by atoms with Gasteiger partial charge in [-0.3, -0.25) is 9.59 Å². The predicted molar refractivity (Wildman–Crippen MR) is 98.1 cm³/mol. The summed E-state index contributed by atoms with van der Waals surface area (Å²) in [7, 11) is 0. The number of ether oxygens (including phenoxy) is 1. The van der Waals surface area contributed by atoms with Gasteiger partial charge in [-0.2, -0.15) is 0 Å². The highest BCUT2D eigenvalue weighted by atomic mass is 16.5. The van der Waals surface area contributed by atoms with Crippen molar-refractivity contribution in [1.29, 1.82) is 0 Å². The first kappa shape index (κ1) is 19.4. The average Bonchev–Trinajstić information content (AvgIpc) is 2.61. The lowest BCUT2D eigenvalue weighted by Gasteiger charge is -2.19. The van der Waals surface area contributed by atoms with E-state index in [-0.39, 0.29) is 18.2 Å². The molecule has 0 aliphatic rings. The van der Waals surface area contributed by atoms with Gasteiger partial charge in [-0.15, -0.1) is 0 Å². The highest BCUT2D eigenvalue weighted by molar-refractivity contribution is 5.96. The van der Waals surface area contributed by atoms with Gasteiger partial charge in [-0.25, -0.2) is 4.98 Å². The Bertz CT molecular complexity index is 773. The number of carboxylic acid groups (broad SMARTS) is 1. The molecule has 0 fully saturated rings. The van der Waals surface area contributed by atoms with E-state index in [1.165, 1.54) is 0 Å². The normalized spacial score (nSPS) is 11.0. The highest BCUT2D eigenvalue weighted by Crippen LogP contribution is 2.25. The summed E-state index contributed by atoms with van der Waals surface area (Å²) in [6.07, 6.45) is 1.82. The van der Waals surface area contributed by atoms with Crippen LogP contribution in [0.15, 0.2) is 42.6 Å². The number of carbonyl (C=O) groups excluding carboxylic acids is 1. The Morgan fingerprint density at radius 3 is 2.50 bits per heavy atom. The first-order chi connectivity index (χ1) is 12.3. The second kappa shape index (κ2) is 8.47. The van der Waals surface area contributed by atoms with Crippen LogP contribution in [0.5, 0.6) is 5.88 Å². The van der Waals surface area contributed by atoms with Crippen LogP contribution < -0.4 is 10.1 Å². The zero-order valence-electron chi connectivity index (χ0n) is 15.3. The summed E-state index contributed by atoms with van der Waals surface area (Å²) in [4.78, 5) is 28.2. The lowest BCUT2D eigenvalue weighted by atomic mass is 9.86. The van der Waals surface area contributed by atoms with Crippen molar-refractivity contribution in [2.45, 2.75) is 33.7 Å². The van der Waals surface area contributed by atoms with E-state index in [4.69, 9.17) is 4.74 Å². The van der Waals surface area contributed by atoms with E-state index in [0.717, 1.165) is 5.56 Å². The molecule has 1 aromatic heterocycles. The molecular weight excluding hydrogens is 332 g/mol. The Labute approximate surface area is 153 Å². The van der Waals surface area contributed by atoms with Gasteiger partial charge in [0.25, 0.3) is 5.91 Å². The standard InChI is InChI=1S/C20H24N2O4/c1-4-26-18-16(17(23)21-12-14-8-6-5-7-9-14)10-15(13-22-18)11-20(2,3)19(24)25/h5-10,13H,4,11-12H2,1-3H3,(H,21,23)(H,24,25). The molecule has 0 aliphatic carbocycles. The van der Waals surface area contributed by atoms with Crippen LogP contribution in [-0.4, -0.2) is 28.6 Å². The van der Waals surface area contributed by atoms with Gasteiger partial charge in [0.15, 0.2) is 0 Å². The first-order valence-electron chi connectivity index (χ1n) is 8.50. The van der Waals surface area contributed by atoms with E-state index in [1.807, 2.05) is 37.3 Å². The molecule has 0 aliphatic heterocycles. The summed E-state index contributed by atoms with van der Waals surface area (Å²) in [6, 6.07) is 11.2. The van der Waals surface area contributed by atoms with Gasteiger partial charge >= 0.3 is 5.97 Å². The van der Waals surface area contributed by atoms with Crippen molar-refractivity contribution in [1.82, 2.24) is 10.3 Å². The van der Waals surface area contributed by atoms with E-state index in [2.05, 4.69) is 10.3 Å². The smallest absolute Gasteiger partial charge is 0.309 e. The number of nitrogens with zero attached hydrogens (tertiary/aromatic N) is 1. The topological polar surface area (TPSA) is 88.5 Å². The molecule has 1 amide bonds. The van der Waals surface area contributed by atoms with Gasteiger partial charge in [0.2, 0.25) is 5.88 Å². The van der Waals surface area contributed by atoms with E-state index in [1.54, 1.807) is 26.1 Å². The quantitative estimate of drug-likeness (QED) is 0.759. The molecule has 138 valence electrons. The monoisotopic (exact) mass is 356 g/mol. The van der Waals surface area contributed by atoms with Crippen molar-refractivity contribution in [3.63, 3.8) is 0 Å². The maximum Gasteiger partial charge on any atom is 0.309 e. The minimum Gasteiger partial charge on any atom is -0.481 e. The number of aromatic nitrogens is 1. The molecule has 0 unspecified atom stereocenters. The van der Waals surface area contributed by atoms with Crippen molar-refractivity contribution >= 4 is 11.9 Å². The molecular formula is C20H24N2O4. The van der Waals surface area contributed by atoms with Crippen LogP contribution in [0.3, 0.4) is 0 Å². The number of hydrogen-bond acceptors (Lipinski definition) is 4. The average molecular weight is 356 g/mol. The maximum atomic E-state index is 12.6. The van der Waals surface area contributed by atoms with Crippen LogP contribution in [-0.2, 0) is 17.8 Å². The molecule has 6 heteroatoms. The molecule has 0 saturated heterocycles. The molecule has 2 rings (SSSR count). The third-order valence-corrected chi connectivity index (χ3v) is 3.95. The molecule has 1 aromatic carbocycles. The molecule has 0 bridgehead atoms. The Kier molecular flexibility index (Phi) is 6.33. The SMILES string of the molecule is CCOc1ncc(CC(C)(C)C(=O)O)cc1C(=O)NCc1ccccc1. The van der Waals surface area contributed by atoms with E-state index in [9.17, 15) is 14.7 Å². The van der Waals surface area contributed by atoms with Crippen LogP contribution in [0.4, 0.5) is 0 Å². The van der Waals surface area contributed by atoms with Crippen LogP contribution in [0, 0.1) is 5.41 Å². The Morgan fingerprint density at radius 2 is 1.88 bits per heavy atom. The fourth-order valence-electron chi connectivity index (χ4n) is 2.47. The molecule has 2 N–H and O–H groups in total. The van der Waals surface area contributed by atoms with Crippen LogP contribution in [0.25, 0.3) is 0 Å². The number of benzene rings is 1. The highest BCUT2D eigenvalue weighted by Gasteiger charge is 2.28. The number of aliphatic carboxylic acids is 1. The Morgan fingerprint density at radius 1 is 1.19 bits per heavy atom. The van der Waals surface area contributed by atoms with E-state index >= 15 is 0 Å². The van der Waals surface area contributed by atoms with Crippen LogP contribution in [0.2, 0.25) is 0 Å². The number of rotatable bonds is 8. The summed E-state index contributed by atoms with van der Waals surface area (Å²) < 4.78 is 5.45. The molecule has 0 spiro atoms. The molecule has 0 saturated carbocycles. The zero-order chi connectivity index (χ0) is 19.2. The van der Waals surface area contributed by atoms with Gasteiger partial charge in [-0.1, -0.05) is 30.3 Å². The largest absolute Gasteiger partial charge is 0.481 e. The molecule has 6 nitrogen and oxygen atoms in total. The minimum absolute atomic E-state index is 0.245. The molecule has 0 radical (unpaired) electrons. The summed E-state index contributed by atoms with van der Waals surface area (Å²) in [5.41, 5.74) is 1.01. The fraction of sp³-hybridized carbons (Fsp3) is 0.350. The van der Waals surface area contributed by atoms with Crippen molar-refractivity contribution in [2.24, 2.45) is 5.41 Å². The number of carboxylic acids is 1. The van der Waals surface area contributed by atoms with Crippen LogP contribution in [0.1, 0.15) is 42.3 Å². The number of pyridine rings is 1. The number of carbonyl (C=O) groups is 2. The third kappa shape index (κ3) is 5.05. The summed E-state index contributed by atoms with van der Waals surface area (Å²) in [6.45, 7) is 5.86. The number of nitrogens with one attached hydrogen (secondary N) is 1. The molecule has 1 heterocycles. The molecule has 26 heavy (non-hydrogen) atoms. The minimum atomic E-state index is -0.952. The van der Waals surface area contributed by atoms with Gasteiger partial charge in [0, 0.05) is 12.7 Å². The number of amides is 1. The molecule has 0 atom stereocenters. The van der Waals surface area contributed by atoms with Gasteiger partial charge in [0.1, 0.15) is 5.56 Å². The van der Waals surface area contributed by atoms with Crippen molar-refractivity contribution in [3.8, 4) is 5.88 Å². The predicted octanol–water partition coefficient (Wildman–Crippen LogP) is 3.06. The lowest BCUT2D eigenvalue weighted by molar-refractivity contribution is -0.146. The fourth-order valence-corrected chi connectivity index (χ4v) is 2.47. The zero-order valence-corrected chi connectivity index (χ0v) is 15.3. The maximum absolute atomic E-state index is 12.6. The van der Waals surface area contributed by atoms with Crippen molar-refractivity contribution in [3.05, 3.63) is 59.3 Å². The van der Waals surface area contributed by atoms with Crippen LogP contribution >= 0.6 is 0 Å². The van der Waals surface area contributed by atoms with E-state index < -0.39 is 11.4 Å². The summed E-state index contributed by atoms with van der Waals surface area (Å²) in [5, 5.41) is 12.2. The summed E-state index contributed by atoms with van der Waals surface area (Å²) >= 11 is 0. The second-order valence-corrected chi connectivity index (χ2v) is 6.66. The number of hydrogen-bond donors (Lipinski definition) is 2. The van der Waals surface area contributed by atoms with Crippen molar-refractivity contribution in [2.75, 3.05) is 6.61 Å². The third-order valence-electron chi connectivity index (χ3n) is 3.95. The first-order valence-corrected chi connectivity index (χ1v) is 8.50. The Hall–Kier alpha value is -2.89. The summed E-state index contributed by atoms with van der Waals surface area (Å²) in [5.74, 6) is -0.962. The molecule has 2 aromatic rings. The lowest BCUT2D eigenvalue weighted by Crippen LogP contribution is -2.27.